The number of anilines is 3. The van der Waals surface area contributed by atoms with Gasteiger partial charge in [-0.1, -0.05) is 49.4 Å². The van der Waals surface area contributed by atoms with Crippen LogP contribution < -0.4 is 10.6 Å². The molecule has 0 atom stereocenters. The molecule has 26 heavy (non-hydrogen) atoms. The lowest BCUT2D eigenvalue weighted by atomic mass is 10.0. The minimum atomic E-state index is -0.127. The number of nitrogens with one attached hydrogen (secondary N) is 2. The van der Waals surface area contributed by atoms with E-state index in [-0.39, 0.29) is 5.91 Å². The van der Waals surface area contributed by atoms with Gasteiger partial charge in [-0.15, -0.1) is 0 Å². The second-order valence-corrected chi connectivity index (χ2v) is 7.66. The van der Waals surface area contributed by atoms with Gasteiger partial charge in [0.1, 0.15) is 4.88 Å². The van der Waals surface area contributed by atoms with E-state index in [0.717, 1.165) is 17.1 Å². The van der Waals surface area contributed by atoms with Crippen LogP contribution in [0.5, 0.6) is 0 Å². The number of carbonyl (C=O) groups is 1. The van der Waals surface area contributed by atoms with Crippen molar-refractivity contribution < 1.29 is 4.79 Å². The van der Waals surface area contributed by atoms with Crippen LogP contribution in [0, 0.1) is 13.8 Å². The minimum absolute atomic E-state index is 0.127. The third-order valence-electron chi connectivity index (χ3n) is 4.08. The summed E-state index contributed by atoms with van der Waals surface area (Å²) in [6.45, 7) is 8.18. The van der Waals surface area contributed by atoms with E-state index in [1.54, 1.807) is 0 Å². The standard InChI is InChI=1S/C21H23N3OS/c1-13(2)16-8-6-10-18(12-16)23-20(25)19-15(4)22-21(26-19)24-17-9-5-7-14(3)11-17/h5-13H,1-4H3,(H,22,24)(H,23,25). The Hall–Kier alpha value is -2.66. The zero-order valence-electron chi connectivity index (χ0n) is 15.5. The number of thiazole rings is 1. The van der Waals surface area contributed by atoms with Crippen LogP contribution in [0.2, 0.25) is 0 Å². The molecule has 4 nitrogen and oxygen atoms in total. The van der Waals surface area contributed by atoms with Gasteiger partial charge in [0.25, 0.3) is 5.91 Å². The fourth-order valence-corrected chi connectivity index (χ4v) is 3.55. The van der Waals surface area contributed by atoms with Crippen LogP contribution in [0.4, 0.5) is 16.5 Å². The molecule has 3 aromatic rings. The molecule has 2 N–H and O–H groups in total. The van der Waals surface area contributed by atoms with Gasteiger partial charge in [-0.05, 0) is 55.2 Å². The summed E-state index contributed by atoms with van der Waals surface area (Å²) in [6.07, 6.45) is 0. The highest BCUT2D eigenvalue weighted by Crippen LogP contribution is 2.27. The molecular formula is C21H23N3OS. The Morgan fingerprint density at radius 3 is 2.50 bits per heavy atom. The highest BCUT2D eigenvalue weighted by atomic mass is 32.1. The summed E-state index contributed by atoms with van der Waals surface area (Å²) in [5.41, 5.74) is 4.87. The van der Waals surface area contributed by atoms with Crippen LogP contribution in [-0.2, 0) is 0 Å². The number of hydrogen-bond donors (Lipinski definition) is 2. The Morgan fingerprint density at radius 2 is 1.77 bits per heavy atom. The van der Waals surface area contributed by atoms with Gasteiger partial charge in [0, 0.05) is 11.4 Å². The van der Waals surface area contributed by atoms with Gasteiger partial charge < -0.3 is 10.6 Å². The fraction of sp³-hybridized carbons (Fsp3) is 0.238. The largest absolute Gasteiger partial charge is 0.332 e. The van der Waals surface area contributed by atoms with Crippen molar-refractivity contribution in [1.82, 2.24) is 4.98 Å². The molecule has 0 bridgehead atoms. The number of rotatable bonds is 5. The van der Waals surface area contributed by atoms with Gasteiger partial charge in [0.15, 0.2) is 5.13 Å². The van der Waals surface area contributed by atoms with E-state index < -0.39 is 0 Å². The lowest BCUT2D eigenvalue weighted by molar-refractivity contribution is 0.103. The predicted octanol–water partition coefficient (Wildman–Crippen LogP) is 5.88. The minimum Gasteiger partial charge on any atom is -0.332 e. The van der Waals surface area contributed by atoms with Crippen LogP contribution >= 0.6 is 11.3 Å². The maximum Gasteiger partial charge on any atom is 0.267 e. The van der Waals surface area contributed by atoms with Crippen molar-refractivity contribution in [2.75, 3.05) is 10.6 Å². The molecule has 1 heterocycles. The zero-order valence-corrected chi connectivity index (χ0v) is 16.3. The quantitative estimate of drug-likeness (QED) is 0.594. The lowest BCUT2D eigenvalue weighted by Crippen LogP contribution is -2.11. The molecule has 1 amide bonds. The molecular weight excluding hydrogens is 342 g/mol. The van der Waals surface area contributed by atoms with E-state index in [1.165, 1.54) is 22.5 Å². The number of carbonyl (C=O) groups excluding carboxylic acids is 1. The van der Waals surface area contributed by atoms with E-state index in [0.29, 0.717) is 15.9 Å². The van der Waals surface area contributed by atoms with Crippen molar-refractivity contribution in [3.63, 3.8) is 0 Å². The molecule has 3 rings (SSSR count). The first kappa shape index (κ1) is 18.1. The van der Waals surface area contributed by atoms with Crippen molar-refractivity contribution in [3.8, 4) is 0 Å². The molecule has 1 aromatic heterocycles. The SMILES string of the molecule is Cc1cccc(Nc2nc(C)c(C(=O)Nc3cccc(C(C)C)c3)s2)c1. The van der Waals surface area contributed by atoms with E-state index in [1.807, 2.05) is 56.3 Å². The molecule has 0 saturated heterocycles. The topological polar surface area (TPSA) is 54.0 Å². The predicted molar refractivity (Wildman–Crippen MR) is 110 cm³/mol. The Labute approximate surface area is 158 Å². The Bertz CT molecular complexity index is 931. The average molecular weight is 366 g/mol. The van der Waals surface area contributed by atoms with E-state index in [4.69, 9.17) is 0 Å². The van der Waals surface area contributed by atoms with Crippen LogP contribution in [0.1, 0.15) is 46.3 Å². The lowest BCUT2D eigenvalue weighted by Gasteiger charge is -2.09. The summed E-state index contributed by atoms with van der Waals surface area (Å²) in [7, 11) is 0. The van der Waals surface area contributed by atoms with Gasteiger partial charge >= 0.3 is 0 Å². The number of hydrogen-bond acceptors (Lipinski definition) is 4. The summed E-state index contributed by atoms with van der Waals surface area (Å²) in [6, 6.07) is 16.0. The molecule has 0 aliphatic rings. The van der Waals surface area contributed by atoms with Gasteiger partial charge in [-0.3, -0.25) is 4.79 Å². The van der Waals surface area contributed by atoms with Crippen LogP contribution in [0.25, 0.3) is 0 Å². The third kappa shape index (κ3) is 4.29. The second kappa shape index (κ2) is 7.70. The molecule has 134 valence electrons. The maximum absolute atomic E-state index is 12.7. The first-order chi connectivity index (χ1) is 12.4. The molecule has 0 spiro atoms. The number of aromatic nitrogens is 1. The van der Waals surface area contributed by atoms with Crippen molar-refractivity contribution in [2.24, 2.45) is 0 Å². The number of aryl methyl sites for hydroxylation is 2. The number of amides is 1. The first-order valence-electron chi connectivity index (χ1n) is 8.65. The van der Waals surface area contributed by atoms with Crippen LogP contribution in [0.15, 0.2) is 48.5 Å². The summed E-state index contributed by atoms with van der Waals surface area (Å²) < 4.78 is 0. The normalized spacial score (nSPS) is 10.8. The van der Waals surface area contributed by atoms with Crippen molar-refractivity contribution in [3.05, 3.63) is 70.2 Å². The maximum atomic E-state index is 12.7. The van der Waals surface area contributed by atoms with E-state index in [2.05, 4.69) is 35.5 Å². The van der Waals surface area contributed by atoms with Gasteiger partial charge in [-0.25, -0.2) is 4.98 Å². The summed E-state index contributed by atoms with van der Waals surface area (Å²) in [5, 5.41) is 6.98. The molecule has 0 saturated carbocycles. The summed E-state index contributed by atoms with van der Waals surface area (Å²) in [5.74, 6) is 0.292. The second-order valence-electron chi connectivity index (χ2n) is 6.66. The van der Waals surface area contributed by atoms with Crippen molar-refractivity contribution >= 4 is 33.8 Å². The van der Waals surface area contributed by atoms with Gasteiger partial charge in [-0.2, -0.15) is 0 Å². The van der Waals surface area contributed by atoms with E-state index >= 15 is 0 Å². The fourth-order valence-electron chi connectivity index (χ4n) is 2.67. The van der Waals surface area contributed by atoms with E-state index in [9.17, 15) is 4.79 Å². The van der Waals surface area contributed by atoms with Gasteiger partial charge in [0.2, 0.25) is 0 Å². The Morgan fingerprint density at radius 1 is 1.04 bits per heavy atom. The number of nitrogens with zero attached hydrogens (tertiary/aromatic N) is 1. The summed E-state index contributed by atoms with van der Waals surface area (Å²) >= 11 is 1.36. The average Bonchev–Trinajstić information content (AvgIpc) is 2.95. The monoisotopic (exact) mass is 365 g/mol. The molecule has 2 aromatic carbocycles. The molecule has 0 aliphatic carbocycles. The van der Waals surface area contributed by atoms with Crippen LogP contribution in [0.3, 0.4) is 0 Å². The Kier molecular flexibility index (Phi) is 5.38. The van der Waals surface area contributed by atoms with Gasteiger partial charge in [0.05, 0.1) is 5.69 Å². The Balaban J connectivity index is 1.76. The first-order valence-corrected chi connectivity index (χ1v) is 9.46. The third-order valence-corrected chi connectivity index (χ3v) is 5.15. The van der Waals surface area contributed by atoms with Crippen molar-refractivity contribution in [2.45, 2.75) is 33.6 Å². The highest BCUT2D eigenvalue weighted by Gasteiger charge is 2.16. The molecule has 0 unspecified atom stereocenters. The van der Waals surface area contributed by atoms with Crippen LogP contribution in [-0.4, -0.2) is 10.9 Å². The summed E-state index contributed by atoms with van der Waals surface area (Å²) in [4.78, 5) is 17.8. The number of benzene rings is 2. The molecule has 0 aliphatic heterocycles. The van der Waals surface area contributed by atoms with Crippen molar-refractivity contribution in [1.29, 1.82) is 0 Å². The smallest absolute Gasteiger partial charge is 0.267 e. The molecule has 5 heteroatoms. The zero-order chi connectivity index (χ0) is 18.7. The highest BCUT2D eigenvalue weighted by molar-refractivity contribution is 7.17. The molecule has 0 fully saturated rings. The molecule has 0 radical (unpaired) electrons.